The second kappa shape index (κ2) is 5.08. The predicted molar refractivity (Wildman–Crippen MR) is 61.4 cm³/mol. The number of fused-ring (bicyclic) bond motifs is 1. The molecule has 2 aromatic rings. The Balaban J connectivity index is 0.00000144. The predicted octanol–water partition coefficient (Wildman–Crippen LogP) is -0.635. The van der Waals surface area contributed by atoms with Crippen molar-refractivity contribution in [2.24, 2.45) is 0 Å². The molecule has 0 aromatic heterocycles. The SMILES string of the molecule is Cc1ccc2cc(S(=O)(=O)[O-])cc(C)c2c1.[Na+]. The van der Waals surface area contributed by atoms with Crippen LogP contribution < -0.4 is 29.6 Å². The Labute approximate surface area is 123 Å². The van der Waals surface area contributed by atoms with Gasteiger partial charge in [-0.1, -0.05) is 23.8 Å². The molecule has 0 amide bonds. The van der Waals surface area contributed by atoms with Gasteiger partial charge in [-0.3, -0.25) is 0 Å². The molecule has 17 heavy (non-hydrogen) atoms. The van der Waals surface area contributed by atoms with Crippen molar-refractivity contribution in [2.75, 3.05) is 0 Å². The van der Waals surface area contributed by atoms with E-state index in [4.69, 9.17) is 0 Å². The van der Waals surface area contributed by atoms with Crippen molar-refractivity contribution in [3.8, 4) is 0 Å². The Morgan fingerprint density at radius 3 is 2.29 bits per heavy atom. The fourth-order valence-electron chi connectivity index (χ4n) is 1.77. The maximum absolute atomic E-state index is 10.9. The molecule has 84 valence electrons. The summed E-state index contributed by atoms with van der Waals surface area (Å²) < 4.78 is 32.8. The topological polar surface area (TPSA) is 57.2 Å². The van der Waals surface area contributed by atoms with E-state index in [-0.39, 0.29) is 34.5 Å². The van der Waals surface area contributed by atoms with Crippen LogP contribution in [0.5, 0.6) is 0 Å². The second-order valence-electron chi connectivity index (χ2n) is 3.92. The molecule has 0 unspecified atom stereocenters. The maximum atomic E-state index is 10.9. The third-order valence-corrected chi connectivity index (χ3v) is 3.39. The zero-order chi connectivity index (χ0) is 11.9. The van der Waals surface area contributed by atoms with Crippen molar-refractivity contribution in [3.05, 3.63) is 41.5 Å². The zero-order valence-corrected chi connectivity index (χ0v) is 12.8. The number of hydrogen-bond donors (Lipinski definition) is 0. The van der Waals surface area contributed by atoms with Crippen LogP contribution in [0.1, 0.15) is 11.1 Å². The molecule has 2 aromatic carbocycles. The van der Waals surface area contributed by atoms with Gasteiger partial charge in [0.05, 0.1) is 4.90 Å². The number of benzene rings is 2. The van der Waals surface area contributed by atoms with Gasteiger partial charge >= 0.3 is 29.6 Å². The van der Waals surface area contributed by atoms with Crippen molar-refractivity contribution in [3.63, 3.8) is 0 Å². The summed E-state index contributed by atoms with van der Waals surface area (Å²) in [5.41, 5.74) is 1.91. The number of aryl methyl sites for hydroxylation is 2. The van der Waals surface area contributed by atoms with Crippen molar-refractivity contribution < 1.29 is 42.5 Å². The Hall–Kier alpha value is -0.390. The normalized spacial score (nSPS) is 11.2. The largest absolute Gasteiger partial charge is 1.00 e. The molecule has 0 saturated carbocycles. The van der Waals surface area contributed by atoms with Crippen LogP contribution in [0.15, 0.2) is 35.2 Å². The molecule has 0 atom stereocenters. The van der Waals surface area contributed by atoms with E-state index in [1.54, 1.807) is 6.92 Å². The van der Waals surface area contributed by atoms with E-state index in [2.05, 4.69) is 0 Å². The van der Waals surface area contributed by atoms with Crippen LogP contribution in [-0.2, 0) is 10.1 Å². The van der Waals surface area contributed by atoms with Gasteiger partial charge in [-0.15, -0.1) is 0 Å². The van der Waals surface area contributed by atoms with Gasteiger partial charge in [-0.2, -0.15) is 0 Å². The summed E-state index contributed by atoms with van der Waals surface area (Å²) in [4.78, 5) is -0.165. The molecular weight excluding hydrogens is 247 g/mol. The first-order valence-corrected chi connectivity index (χ1v) is 6.26. The van der Waals surface area contributed by atoms with Crippen LogP contribution in [0.2, 0.25) is 0 Å². The van der Waals surface area contributed by atoms with Crippen LogP contribution in [0, 0.1) is 13.8 Å². The molecule has 3 nitrogen and oxygen atoms in total. The molecule has 0 spiro atoms. The first-order valence-electron chi connectivity index (χ1n) is 4.85. The van der Waals surface area contributed by atoms with Crippen LogP contribution in [0.3, 0.4) is 0 Å². The summed E-state index contributed by atoms with van der Waals surface area (Å²) in [5, 5.41) is 1.76. The van der Waals surface area contributed by atoms with Gasteiger partial charge in [-0.25, -0.2) is 8.42 Å². The molecule has 0 saturated heterocycles. The van der Waals surface area contributed by atoms with Gasteiger partial charge in [-0.05, 0) is 42.3 Å². The van der Waals surface area contributed by atoms with Gasteiger partial charge in [0.1, 0.15) is 10.1 Å². The number of hydrogen-bond acceptors (Lipinski definition) is 3. The average Bonchev–Trinajstić information content (AvgIpc) is 2.17. The minimum Gasteiger partial charge on any atom is -0.744 e. The molecule has 0 bridgehead atoms. The van der Waals surface area contributed by atoms with Gasteiger partial charge in [0.2, 0.25) is 0 Å². The minimum absolute atomic E-state index is 0. The molecule has 0 heterocycles. The van der Waals surface area contributed by atoms with Crippen molar-refractivity contribution in [2.45, 2.75) is 18.7 Å². The molecule has 0 aliphatic carbocycles. The fraction of sp³-hybridized carbons (Fsp3) is 0.167. The van der Waals surface area contributed by atoms with Gasteiger partial charge in [0.15, 0.2) is 0 Å². The minimum atomic E-state index is -4.38. The quantitative estimate of drug-likeness (QED) is 0.505. The third-order valence-electron chi connectivity index (χ3n) is 2.58. The summed E-state index contributed by atoms with van der Waals surface area (Å²) in [7, 11) is -4.38. The van der Waals surface area contributed by atoms with E-state index in [0.29, 0.717) is 0 Å². The Kier molecular flexibility index (Phi) is 4.38. The molecular formula is C12H11NaO3S. The average molecular weight is 258 g/mol. The Morgan fingerprint density at radius 2 is 1.71 bits per heavy atom. The van der Waals surface area contributed by atoms with Crippen LogP contribution in [0.25, 0.3) is 10.8 Å². The van der Waals surface area contributed by atoms with Gasteiger partial charge in [0.25, 0.3) is 0 Å². The molecule has 0 radical (unpaired) electrons. The molecule has 0 fully saturated rings. The van der Waals surface area contributed by atoms with E-state index in [9.17, 15) is 13.0 Å². The zero-order valence-electron chi connectivity index (χ0n) is 10.0. The van der Waals surface area contributed by atoms with E-state index >= 15 is 0 Å². The van der Waals surface area contributed by atoms with E-state index < -0.39 is 10.1 Å². The molecule has 0 aliphatic heterocycles. The summed E-state index contributed by atoms with van der Waals surface area (Å²) in [6.45, 7) is 3.77. The van der Waals surface area contributed by atoms with Crippen LogP contribution in [-0.4, -0.2) is 13.0 Å². The Bertz CT molecular complexity index is 663. The van der Waals surface area contributed by atoms with Crippen molar-refractivity contribution in [1.29, 1.82) is 0 Å². The van der Waals surface area contributed by atoms with Crippen LogP contribution in [0.4, 0.5) is 0 Å². The fourth-order valence-corrected chi connectivity index (χ4v) is 2.36. The summed E-state index contributed by atoms with van der Waals surface area (Å²) in [6, 6.07) is 8.54. The second-order valence-corrected chi connectivity index (χ2v) is 5.30. The summed E-state index contributed by atoms with van der Waals surface area (Å²) in [6.07, 6.45) is 0. The standard InChI is InChI=1S/C12H12O3S.Na/c1-8-3-4-10-7-11(16(13,14)15)6-9(2)12(10)5-8;/h3-7H,1-2H3,(H,13,14,15);/q;+1/p-1. The van der Waals surface area contributed by atoms with Gasteiger partial charge < -0.3 is 4.55 Å². The number of rotatable bonds is 1. The monoisotopic (exact) mass is 258 g/mol. The van der Waals surface area contributed by atoms with E-state index in [1.807, 2.05) is 25.1 Å². The van der Waals surface area contributed by atoms with Crippen LogP contribution >= 0.6 is 0 Å². The molecule has 0 aliphatic rings. The van der Waals surface area contributed by atoms with E-state index in [0.717, 1.165) is 21.9 Å². The summed E-state index contributed by atoms with van der Waals surface area (Å²) in [5.74, 6) is 0. The third kappa shape index (κ3) is 3.09. The molecule has 5 heteroatoms. The molecule has 0 N–H and O–H groups in total. The van der Waals surface area contributed by atoms with Crippen molar-refractivity contribution >= 4 is 20.9 Å². The molecule has 2 rings (SSSR count). The van der Waals surface area contributed by atoms with Gasteiger partial charge in [0, 0.05) is 0 Å². The first kappa shape index (κ1) is 14.7. The maximum Gasteiger partial charge on any atom is 1.00 e. The summed E-state index contributed by atoms with van der Waals surface area (Å²) >= 11 is 0. The van der Waals surface area contributed by atoms with E-state index in [1.165, 1.54) is 12.1 Å². The first-order chi connectivity index (χ1) is 7.38. The Morgan fingerprint density at radius 1 is 1.06 bits per heavy atom. The van der Waals surface area contributed by atoms with Crippen molar-refractivity contribution in [1.82, 2.24) is 0 Å². The smallest absolute Gasteiger partial charge is 0.744 e.